The summed E-state index contributed by atoms with van der Waals surface area (Å²) in [5.41, 5.74) is 1.30. The molecule has 0 unspecified atom stereocenters. The Hall–Kier alpha value is -1.05. The molecular formula is C19H25N3O2S2. The van der Waals surface area contributed by atoms with Gasteiger partial charge in [0.1, 0.15) is 15.9 Å². The van der Waals surface area contributed by atoms with Gasteiger partial charge >= 0.3 is 0 Å². The standard InChI is InChI=1S/C19H25N3O2S2/c1-2-17(19-9-12-6-13(10-19)8-14(7-12)11-19)22-26(23,24)16-5-3-4-15-18(16)21-25-20-15/h3-5,12-14,17,22H,2,6-11H2,1H3/t12?,13?,14?,17-,19?/m1/s1. The van der Waals surface area contributed by atoms with Crippen LogP contribution in [0.2, 0.25) is 0 Å². The highest BCUT2D eigenvalue weighted by atomic mass is 32.2. The van der Waals surface area contributed by atoms with Gasteiger partial charge in [0.05, 0.1) is 11.7 Å². The minimum Gasteiger partial charge on any atom is -0.207 e. The quantitative estimate of drug-likeness (QED) is 0.837. The van der Waals surface area contributed by atoms with E-state index in [1.807, 2.05) is 6.07 Å². The van der Waals surface area contributed by atoms with E-state index in [0.29, 0.717) is 11.0 Å². The van der Waals surface area contributed by atoms with Crippen molar-refractivity contribution in [3.05, 3.63) is 18.2 Å². The zero-order chi connectivity index (χ0) is 17.9. The van der Waals surface area contributed by atoms with Crippen LogP contribution in [-0.2, 0) is 10.0 Å². The maximum absolute atomic E-state index is 13.2. The first kappa shape index (κ1) is 17.1. The second-order valence-electron chi connectivity index (χ2n) is 8.75. The summed E-state index contributed by atoms with van der Waals surface area (Å²) in [4.78, 5) is 0.270. The first-order chi connectivity index (χ1) is 12.5. The Morgan fingerprint density at radius 1 is 1.15 bits per heavy atom. The SMILES string of the molecule is CC[C@@H](NS(=O)(=O)c1cccc2nsnc12)C12CC3CC(CC(C3)C1)C2. The predicted octanol–water partition coefficient (Wildman–Crippen LogP) is 3.96. The molecule has 0 radical (unpaired) electrons. The maximum Gasteiger partial charge on any atom is 0.243 e. The van der Waals surface area contributed by atoms with Crippen LogP contribution in [0.3, 0.4) is 0 Å². The molecule has 140 valence electrons. The molecule has 2 aromatic rings. The van der Waals surface area contributed by atoms with Crippen LogP contribution in [-0.4, -0.2) is 23.2 Å². The Balaban J connectivity index is 1.48. The molecule has 4 saturated carbocycles. The zero-order valence-electron chi connectivity index (χ0n) is 15.0. The third kappa shape index (κ3) is 2.62. The van der Waals surface area contributed by atoms with E-state index in [1.54, 1.807) is 12.1 Å². The summed E-state index contributed by atoms with van der Waals surface area (Å²) in [7, 11) is -3.61. The molecular weight excluding hydrogens is 366 g/mol. The van der Waals surface area contributed by atoms with Crippen LogP contribution < -0.4 is 4.72 Å². The largest absolute Gasteiger partial charge is 0.243 e. The molecule has 6 rings (SSSR count). The van der Waals surface area contributed by atoms with Gasteiger partial charge in [-0.05, 0) is 80.2 Å². The number of sulfonamides is 1. The van der Waals surface area contributed by atoms with Crippen molar-refractivity contribution in [1.82, 2.24) is 13.5 Å². The van der Waals surface area contributed by atoms with Crippen LogP contribution in [0.25, 0.3) is 11.0 Å². The van der Waals surface area contributed by atoms with Gasteiger partial charge < -0.3 is 0 Å². The van der Waals surface area contributed by atoms with Crippen LogP contribution in [0, 0.1) is 23.2 Å². The Bertz CT molecular complexity index is 902. The number of hydrogen-bond donors (Lipinski definition) is 1. The van der Waals surface area contributed by atoms with Crippen molar-refractivity contribution in [1.29, 1.82) is 0 Å². The highest BCUT2D eigenvalue weighted by Gasteiger charge is 2.54. The Labute approximate surface area is 159 Å². The minimum atomic E-state index is -3.61. The smallest absolute Gasteiger partial charge is 0.207 e. The van der Waals surface area contributed by atoms with Crippen molar-refractivity contribution in [2.24, 2.45) is 23.2 Å². The first-order valence-electron chi connectivity index (χ1n) is 9.73. The number of hydrogen-bond acceptors (Lipinski definition) is 5. The Morgan fingerprint density at radius 3 is 2.42 bits per heavy atom. The van der Waals surface area contributed by atoms with Gasteiger partial charge in [-0.2, -0.15) is 8.75 Å². The van der Waals surface area contributed by atoms with Gasteiger partial charge in [0.15, 0.2) is 0 Å². The molecule has 4 bridgehead atoms. The minimum absolute atomic E-state index is 0.0164. The van der Waals surface area contributed by atoms with Gasteiger partial charge in [-0.3, -0.25) is 0 Å². The molecule has 7 heteroatoms. The Morgan fingerprint density at radius 2 is 1.81 bits per heavy atom. The third-order valence-corrected chi connectivity index (χ3v) is 9.11. The van der Waals surface area contributed by atoms with E-state index in [2.05, 4.69) is 20.4 Å². The fraction of sp³-hybridized carbons (Fsp3) is 0.684. The average molecular weight is 392 g/mol. The van der Waals surface area contributed by atoms with Crippen molar-refractivity contribution in [3.63, 3.8) is 0 Å². The summed E-state index contributed by atoms with van der Waals surface area (Å²) in [6.45, 7) is 2.12. The number of nitrogens with zero attached hydrogens (tertiary/aromatic N) is 2. The summed E-state index contributed by atoms with van der Waals surface area (Å²) in [5.74, 6) is 2.43. The van der Waals surface area contributed by atoms with Gasteiger partial charge in [0, 0.05) is 6.04 Å². The summed E-state index contributed by atoms with van der Waals surface area (Å²) >= 11 is 1.06. The van der Waals surface area contributed by atoms with Crippen molar-refractivity contribution >= 4 is 32.8 Å². The molecule has 0 spiro atoms. The van der Waals surface area contributed by atoms with Crippen LogP contribution in [0.1, 0.15) is 51.9 Å². The van der Waals surface area contributed by atoms with E-state index in [0.717, 1.165) is 35.9 Å². The number of nitrogens with one attached hydrogen (secondary N) is 1. The van der Waals surface area contributed by atoms with Crippen LogP contribution in [0.5, 0.6) is 0 Å². The lowest BCUT2D eigenvalue weighted by atomic mass is 9.47. The molecule has 1 aromatic heterocycles. The fourth-order valence-electron chi connectivity index (χ4n) is 6.49. The molecule has 4 fully saturated rings. The van der Waals surface area contributed by atoms with Gasteiger partial charge in [-0.15, -0.1) is 0 Å². The molecule has 4 aliphatic carbocycles. The molecule has 1 aromatic carbocycles. The predicted molar refractivity (Wildman–Crippen MR) is 102 cm³/mol. The van der Waals surface area contributed by atoms with E-state index >= 15 is 0 Å². The molecule has 0 aliphatic heterocycles. The van der Waals surface area contributed by atoms with E-state index in [-0.39, 0.29) is 16.4 Å². The monoisotopic (exact) mass is 391 g/mol. The molecule has 0 amide bonds. The van der Waals surface area contributed by atoms with Crippen molar-refractivity contribution < 1.29 is 8.42 Å². The molecule has 0 saturated heterocycles. The van der Waals surface area contributed by atoms with Gasteiger partial charge in [0.2, 0.25) is 10.0 Å². The van der Waals surface area contributed by atoms with Crippen molar-refractivity contribution in [2.45, 2.75) is 62.8 Å². The van der Waals surface area contributed by atoms with E-state index in [9.17, 15) is 8.42 Å². The molecule has 1 heterocycles. The molecule has 26 heavy (non-hydrogen) atoms. The average Bonchev–Trinajstić information content (AvgIpc) is 3.07. The highest BCUT2D eigenvalue weighted by molar-refractivity contribution is 7.89. The summed E-state index contributed by atoms with van der Waals surface area (Å²) in [6, 6.07) is 5.24. The maximum atomic E-state index is 13.2. The van der Waals surface area contributed by atoms with Crippen LogP contribution >= 0.6 is 11.7 Å². The summed E-state index contributed by atoms with van der Waals surface area (Å²) < 4.78 is 38.0. The van der Waals surface area contributed by atoms with E-state index < -0.39 is 10.0 Å². The lowest BCUT2D eigenvalue weighted by Gasteiger charge is -2.59. The van der Waals surface area contributed by atoms with Crippen LogP contribution in [0.15, 0.2) is 23.1 Å². The van der Waals surface area contributed by atoms with Gasteiger partial charge in [-0.1, -0.05) is 13.0 Å². The van der Waals surface area contributed by atoms with E-state index in [4.69, 9.17) is 0 Å². The molecule has 1 N–H and O–H groups in total. The van der Waals surface area contributed by atoms with Crippen LogP contribution in [0.4, 0.5) is 0 Å². The topological polar surface area (TPSA) is 72.0 Å². The molecule has 5 nitrogen and oxygen atoms in total. The highest BCUT2D eigenvalue weighted by Crippen LogP contribution is 2.61. The second kappa shape index (κ2) is 5.97. The van der Waals surface area contributed by atoms with Crippen molar-refractivity contribution in [2.75, 3.05) is 0 Å². The van der Waals surface area contributed by atoms with Crippen molar-refractivity contribution in [3.8, 4) is 0 Å². The van der Waals surface area contributed by atoms with Gasteiger partial charge in [0.25, 0.3) is 0 Å². The molecule has 4 aliphatic rings. The van der Waals surface area contributed by atoms with E-state index in [1.165, 1.54) is 38.5 Å². The fourth-order valence-corrected chi connectivity index (χ4v) is 8.68. The first-order valence-corrected chi connectivity index (χ1v) is 11.9. The lowest BCUT2D eigenvalue weighted by molar-refractivity contribution is -0.0704. The lowest BCUT2D eigenvalue weighted by Crippen LogP contribution is -2.56. The normalized spacial score (nSPS) is 34.4. The summed E-state index contributed by atoms with van der Waals surface area (Å²) in [5, 5.41) is 0. The molecule has 1 atom stereocenters. The number of benzene rings is 1. The summed E-state index contributed by atoms with van der Waals surface area (Å²) in [6.07, 6.45) is 8.54. The number of fused-ring (bicyclic) bond motifs is 1. The Kier molecular flexibility index (Phi) is 3.92. The number of rotatable bonds is 5. The number of aromatic nitrogens is 2. The zero-order valence-corrected chi connectivity index (χ0v) is 16.7. The van der Waals surface area contributed by atoms with Gasteiger partial charge in [-0.25, -0.2) is 13.1 Å². The second-order valence-corrected chi connectivity index (χ2v) is 11.0. The third-order valence-electron chi connectivity index (χ3n) is 7.07.